The van der Waals surface area contributed by atoms with Crippen molar-refractivity contribution in [3.63, 3.8) is 0 Å². The molecule has 1 aromatic carbocycles. The van der Waals surface area contributed by atoms with Gasteiger partial charge in [-0.3, -0.25) is 0 Å². The first-order valence-electron chi connectivity index (χ1n) is 9.98. The Bertz CT molecular complexity index is 1030. The summed E-state index contributed by atoms with van der Waals surface area (Å²) in [5, 5.41) is 28.2. The number of piperidine rings is 1. The molecule has 0 spiro atoms. The van der Waals surface area contributed by atoms with Crippen LogP contribution in [-0.2, 0) is 39.2 Å². The number of benzene rings is 1. The number of aliphatic hydroxyl groups is 1. The van der Waals surface area contributed by atoms with E-state index in [1.807, 2.05) is 0 Å². The first-order chi connectivity index (χ1) is 14.0. The summed E-state index contributed by atoms with van der Waals surface area (Å²) in [4.78, 5) is 0.195. The number of nitrogens with zero attached hydrogens (tertiary/aromatic N) is 1. The first-order valence-corrected chi connectivity index (χ1v) is 13.8. The number of hydrogen-bond acceptors (Lipinski definition) is 7. The van der Waals surface area contributed by atoms with Gasteiger partial charge in [0.05, 0.1) is 10.1 Å². The number of aliphatic hydroxyl groups excluding tert-OH is 1. The summed E-state index contributed by atoms with van der Waals surface area (Å²) in [6.07, 6.45) is 8.49. The molecule has 2 N–H and O–H groups in total. The minimum absolute atomic E-state index is 0. The van der Waals surface area contributed by atoms with E-state index < -0.39 is 25.8 Å². The van der Waals surface area contributed by atoms with Gasteiger partial charge in [-0.15, -0.1) is 12.6 Å². The summed E-state index contributed by atoms with van der Waals surface area (Å²) in [6.45, 7) is 1.32. The average molecular weight is 522 g/mol. The van der Waals surface area contributed by atoms with Gasteiger partial charge in [-0.1, -0.05) is 36.8 Å². The molecule has 4 atom stereocenters. The topological polar surface area (TPSA) is 138 Å². The summed E-state index contributed by atoms with van der Waals surface area (Å²) < 4.78 is 46.2. The van der Waals surface area contributed by atoms with Gasteiger partial charge in [0, 0.05) is 36.4 Å². The average Bonchev–Trinajstić information content (AvgIpc) is 2.67. The molecule has 2 fully saturated rings. The maximum absolute atomic E-state index is 11.6. The number of hydrogen-bond donors (Lipinski definition) is 2. The predicted molar refractivity (Wildman–Crippen MR) is 115 cm³/mol. The summed E-state index contributed by atoms with van der Waals surface area (Å²) in [5.74, 6) is -0.126. The fraction of sp³-hybridized carbons (Fsp3) is 0.600. The summed E-state index contributed by atoms with van der Waals surface area (Å²) in [7, 11) is -6.28. The molecule has 4 unspecified atom stereocenters. The molecule has 0 aromatic heterocycles. The molecule has 4 rings (SSSR count). The number of nitrogens with one attached hydrogen (secondary N) is 1. The molecule has 0 amide bonds. The summed E-state index contributed by atoms with van der Waals surface area (Å²) in [5.41, 5.74) is 0.844. The SMILES string of the molecule is CS(=O)(=O)C1CCC(O)C2[N-]CCCC21.CS(=O)(=O)c1ccc([O-])c2c1C=CCN2.[Zn+2]. The van der Waals surface area contributed by atoms with Crippen LogP contribution in [0.25, 0.3) is 11.4 Å². The molecule has 1 saturated heterocycles. The Morgan fingerprint density at radius 3 is 2.48 bits per heavy atom. The molecular formula is C20H28N2O6S2Zn. The molecular weight excluding hydrogens is 494 g/mol. The summed E-state index contributed by atoms with van der Waals surface area (Å²) >= 11 is 0. The van der Waals surface area contributed by atoms with Crippen LogP contribution in [0.1, 0.15) is 31.2 Å². The van der Waals surface area contributed by atoms with E-state index in [-0.39, 0.29) is 47.3 Å². The van der Waals surface area contributed by atoms with E-state index in [2.05, 4.69) is 10.6 Å². The predicted octanol–water partition coefficient (Wildman–Crippen LogP) is 1.31. The second kappa shape index (κ2) is 10.3. The van der Waals surface area contributed by atoms with Crippen molar-refractivity contribution < 1.29 is 46.5 Å². The van der Waals surface area contributed by atoms with Gasteiger partial charge in [-0.05, 0) is 24.8 Å². The number of rotatable bonds is 2. The third-order valence-electron chi connectivity index (χ3n) is 5.89. The van der Waals surface area contributed by atoms with E-state index in [9.17, 15) is 27.0 Å². The number of sulfone groups is 2. The van der Waals surface area contributed by atoms with Crippen LogP contribution in [-0.4, -0.2) is 64.9 Å². The van der Waals surface area contributed by atoms with Crippen LogP contribution in [0.2, 0.25) is 0 Å². The van der Waals surface area contributed by atoms with E-state index in [0.29, 0.717) is 30.6 Å². The van der Waals surface area contributed by atoms with Gasteiger partial charge in [0.15, 0.2) is 19.7 Å². The minimum Gasteiger partial charge on any atom is -0.871 e. The number of fused-ring (bicyclic) bond motifs is 2. The van der Waals surface area contributed by atoms with Crippen molar-refractivity contribution in [1.82, 2.24) is 0 Å². The summed E-state index contributed by atoms with van der Waals surface area (Å²) in [6, 6.07) is 2.50. The van der Waals surface area contributed by atoms with Crippen LogP contribution >= 0.6 is 0 Å². The standard InChI is InChI=1S/C10H18NO3S.C10H11NO3S.Zn/c2*1-15(13,14)9-5-4-8(12)10-7(9)3-2-6-11-10;/h7-10,12H,2-6H2,1H3;2-5,11-12H,6H2,1H3;/q-1;;+2/p-1. The van der Waals surface area contributed by atoms with Crippen LogP contribution < -0.4 is 10.4 Å². The molecule has 8 nitrogen and oxygen atoms in total. The molecule has 1 aliphatic carbocycles. The largest absolute Gasteiger partial charge is 2.00 e. The molecule has 2 aliphatic heterocycles. The van der Waals surface area contributed by atoms with Crippen LogP contribution in [0.5, 0.6) is 5.75 Å². The third kappa shape index (κ3) is 6.07. The van der Waals surface area contributed by atoms with E-state index in [4.69, 9.17) is 0 Å². The zero-order valence-electron chi connectivity index (χ0n) is 17.8. The van der Waals surface area contributed by atoms with Gasteiger partial charge in [-0.2, -0.15) is 0 Å². The molecule has 0 bridgehead atoms. The fourth-order valence-electron chi connectivity index (χ4n) is 4.53. The second-order valence-corrected chi connectivity index (χ2v) is 12.4. The normalized spacial score (nSPS) is 27.5. The zero-order valence-corrected chi connectivity index (χ0v) is 22.4. The Morgan fingerprint density at radius 1 is 1.13 bits per heavy atom. The molecule has 1 aromatic rings. The molecule has 11 heteroatoms. The Morgan fingerprint density at radius 2 is 1.84 bits per heavy atom. The van der Waals surface area contributed by atoms with Crippen molar-refractivity contribution in [2.45, 2.75) is 48.0 Å². The second-order valence-electron chi connectivity index (χ2n) is 8.12. The molecule has 3 aliphatic rings. The van der Waals surface area contributed by atoms with Crippen LogP contribution in [0.4, 0.5) is 5.69 Å². The maximum atomic E-state index is 11.6. The minimum atomic E-state index is -3.29. The zero-order chi connectivity index (χ0) is 22.1. The van der Waals surface area contributed by atoms with E-state index in [0.717, 1.165) is 25.6 Å². The van der Waals surface area contributed by atoms with Crippen LogP contribution in [0, 0.1) is 5.92 Å². The Kier molecular flexibility index (Phi) is 8.72. The van der Waals surface area contributed by atoms with Gasteiger partial charge in [-0.25, -0.2) is 16.8 Å². The van der Waals surface area contributed by atoms with Crippen molar-refractivity contribution in [1.29, 1.82) is 0 Å². The third-order valence-corrected chi connectivity index (χ3v) is 8.73. The fourth-order valence-corrected chi connectivity index (χ4v) is 6.91. The van der Waals surface area contributed by atoms with Crippen molar-refractivity contribution in [3.05, 3.63) is 29.1 Å². The van der Waals surface area contributed by atoms with Gasteiger partial charge < -0.3 is 20.8 Å². The van der Waals surface area contributed by atoms with Gasteiger partial charge >= 0.3 is 19.5 Å². The van der Waals surface area contributed by atoms with Crippen LogP contribution in [0.15, 0.2) is 23.1 Å². The smallest absolute Gasteiger partial charge is 0.871 e. The molecule has 168 valence electrons. The van der Waals surface area contributed by atoms with E-state index in [1.54, 1.807) is 12.2 Å². The van der Waals surface area contributed by atoms with E-state index in [1.165, 1.54) is 18.4 Å². The van der Waals surface area contributed by atoms with Crippen LogP contribution in [0.3, 0.4) is 0 Å². The Balaban J connectivity index is 0.000000213. The van der Waals surface area contributed by atoms with Gasteiger partial charge in [0.1, 0.15) is 0 Å². The number of anilines is 1. The van der Waals surface area contributed by atoms with Gasteiger partial charge in [0.2, 0.25) is 0 Å². The monoisotopic (exact) mass is 520 g/mol. The Labute approximate surface area is 197 Å². The molecule has 31 heavy (non-hydrogen) atoms. The van der Waals surface area contributed by atoms with Crippen molar-refractivity contribution in [2.75, 3.05) is 30.9 Å². The van der Waals surface area contributed by atoms with Crippen molar-refractivity contribution in [2.24, 2.45) is 5.92 Å². The maximum Gasteiger partial charge on any atom is 2.00 e. The van der Waals surface area contributed by atoms with Gasteiger partial charge in [0.25, 0.3) is 0 Å². The van der Waals surface area contributed by atoms with Crippen molar-refractivity contribution in [3.8, 4) is 5.75 Å². The molecule has 0 radical (unpaired) electrons. The van der Waals surface area contributed by atoms with Crippen molar-refractivity contribution >= 4 is 31.4 Å². The molecule has 2 heterocycles. The molecule has 1 saturated carbocycles. The quantitative estimate of drug-likeness (QED) is 0.559. The van der Waals surface area contributed by atoms with E-state index >= 15 is 0 Å². The Hall–Kier alpha value is -0.997. The first kappa shape index (κ1) is 26.3.